The number of ether oxygens (including phenoxy) is 1. The van der Waals surface area contributed by atoms with Crippen molar-refractivity contribution >= 4 is 57.5 Å². The van der Waals surface area contributed by atoms with E-state index in [1.807, 2.05) is 4.90 Å². The maximum Gasteiger partial charge on any atom is 0.347 e. The quantitative estimate of drug-likeness (QED) is 0.380. The van der Waals surface area contributed by atoms with Crippen molar-refractivity contribution in [2.24, 2.45) is 11.8 Å². The van der Waals surface area contributed by atoms with Crippen molar-refractivity contribution in [3.8, 4) is 0 Å². The number of esters is 1. The SMILES string of the molecule is COC(=O)c1ccccc1Cc1nc(N2C[C@@H]3[C@H](C2)[C@H]3NC(=O)c2[nH]c(C)c(Cl)c2Cl)sc1C(=O)O. The zero-order chi connectivity index (χ0) is 25.7. The van der Waals surface area contributed by atoms with Crippen LogP contribution < -0.4 is 10.2 Å². The molecule has 3 N–H and O–H groups in total. The summed E-state index contributed by atoms with van der Waals surface area (Å²) in [5.41, 5.74) is 2.32. The number of amides is 1. The highest BCUT2D eigenvalue weighted by Gasteiger charge is 2.57. The van der Waals surface area contributed by atoms with Crippen molar-refractivity contribution in [3.05, 3.63) is 67.4 Å². The number of piperidine rings is 1. The molecule has 2 fully saturated rings. The first-order valence-corrected chi connectivity index (χ1v) is 12.7. The van der Waals surface area contributed by atoms with Gasteiger partial charge in [-0.1, -0.05) is 52.7 Å². The standard InChI is InChI=1S/C24H22Cl2N4O5S/c1-10-16(25)17(26)19(27-10)21(31)29-18-13-8-30(9-14(13)18)24-28-15(20(36-24)22(32)33)7-11-5-3-4-6-12(11)23(34)35-2/h3-6,13-14,18,27H,7-9H2,1-2H3,(H,29,31)(H,32,33)/t13-,14+,18+. The van der Waals surface area contributed by atoms with Gasteiger partial charge >= 0.3 is 11.9 Å². The zero-order valence-electron chi connectivity index (χ0n) is 19.3. The Morgan fingerprint density at radius 1 is 1.22 bits per heavy atom. The Hall–Kier alpha value is -3.08. The number of nitrogens with one attached hydrogen (secondary N) is 2. The summed E-state index contributed by atoms with van der Waals surface area (Å²) < 4.78 is 4.85. The van der Waals surface area contributed by atoms with Crippen LogP contribution in [0.3, 0.4) is 0 Å². The van der Waals surface area contributed by atoms with E-state index in [1.54, 1.807) is 31.2 Å². The van der Waals surface area contributed by atoms with Gasteiger partial charge < -0.3 is 25.0 Å². The molecule has 1 saturated carbocycles. The van der Waals surface area contributed by atoms with Crippen LogP contribution in [0.2, 0.25) is 10.0 Å². The van der Waals surface area contributed by atoms with Gasteiger partial charge in [0.1, 0.15) is 10.6 Å². The number of methoxy groups -OCH3 is 1. The molecule has 1 aliphatic carbocycles. The number of nitrogens with zero attached hydrogens (tertiary/aromatic N) is 2. The maximum atomic E-state index is 12.7. The van der Waals surface area contributed by atoms with Crippen LogP contribution in [0.25, 0.3) is 0 Å². The minimum atomic E-state index is -1.06. The molecule has 3 heterocycles. The van der Waals surface area contributed by atoms with Crippen LogP contribution in [0, 0.1) is 18.8 Å². The van der Waals surface area contributed by atoms with Gasteiger partial charge in [-0.05, 0) is 18.6 Å². The second-order valence-corrected chi connectivity index (χ2v) is 10.6. The topological polar surface area (TPSA) is 125 Å². The highest BCUT2D eigenvalue weighted by molar-refractivity contribution is 7.17. The number of halogens is 2. The van der Waals surface area contributed by atoms with Crippen molar-refractivity contribution in [2.45, 2.75) is 19.4 Å². The van der Waals surface area contributed by atoms with Crippen LogP contribution in [0.4, 0.5) is 5.13 Å². The number of anilines is 1. The summed E-state index contributed by atoms with van der Waals surface area (Å²) in [5, 5.41) is 14.0. The third-order valence-corrected chi connectivity index (χ3v) is 8.80. The van der Waals surface area contributed by atoms with Gasteiger partial charge in [0.2, 0.25) is 0 Å². The molecule has 0 radical (unpaired) electrons. The van der Waals surface area contributed by atoms with E-state index in [0.29, 0.717) is 45.8 Å². The molecule has 3 aromatic rings. The summed E-state index contributed by atoms with van der Waals surface area (Å²) in [6, 6.07) is 6.93. The lowest BCUT2D eigenvalue weighted by Gasteiger charge is -2.19. The van der Waals surface area contributed by atoms with Gasteiger partial charge in [-0.3, -0.25) is 4.79 Å². The summed E-state index contributed by atoms with van der Waals surface area (Å²) in [6.45, 7) is 3.05. The van der Waals surface area contributed by atoms with Gasteiger partial charge in [0.15, 0.2) is 5.13 Å². The Kier molecular flexibility index (Phi) is 6.44. The van der Waals surface area contributed by atoms with Gasteiger partial charge in [0.25, 0.3) is 5.91 Å². The maximum absolute atomic E-state index is 12.7. The first-order valence-electron chi connectivity index (χ1n) is 11.2. The van der Waals surface area contributed by atoms with Crippen molar-refractivity contribution in [1.29, 1.82) is 0 Å². The molecule has 36 heavy (non-hydrogen) atoms. The van der Waals surface area contributed by atoms with E-state index in [-0.39, 0.29) is 45.8 Å². The number of aromatic amines is 1. The largest absolute Gasteiger partial charge is 0.477 e. The highest BCUT2D eigenvalue weighted by atomic mass is 35.5. The first kappa shape index (κ1) is 24.6. The Morgan fingerprint density at radius 2 is 1.92 bits per heavy atom. The van der Waals surface area contributed by atoms with Crippen LogP contribution in [-0.2, 0) is 11.2 Å². The molecule has 188 valence electrons. The van der Waals surface area contributed by atoms with Crippen LogP contribution in [0.5, 0.6) is 0 Å². The molecule has 2 aliphatic rings. The summed E-state index contributed by atoms with van der Waals surface area (Å²) in [5.74, 6) is -1.37. The van der Waals surface area contributed by atoms with Gasteiger partial charge in [-0.25, -0.2) is 14.6 Å². The lowest BCUT2D eigenvalue weighted by atomic mass is 10.0. The highest BCUT2D eigenvalue weighted by Crippen LogP contribution is 2.48. The number of carboxylic acids is 1. The molecule has 3 atom stereocenters. The summed E-state index contributed by atoms with van der Waals surface area (Å²) in [6.07, 6.45) is 0.196. The van der Waals surface area contributed by atoms with E-state index in [1.165, 1.54) is 7.11 Å². The molecule has 12 heteroatoms. The van der Waals surface area contributed by atoms with Gasteiger partial charge in [0, 0.05) is 43.1 Å². The Labute approximate surface area is 220 Å². The number of benzene rings is 1. The molecule has 1 aliphatic heterocycles. The molecule has 2 aromatic heterocycles. The van der Waals surface area contributed by atoms with Crippen LogP contribution in [0.1, 0.15) is 47.5 Å². The molecule has 0 bridgehead atoms. The second kappa shape index (κ2) is 9.42. The molecule has 9 nitrogen and oxygen atoms in total. The predicted molar refractivity (Wildman–Crippen MR) is 136 cm³/mol. The number of aromatic nitrogens is 2. The van der Waals surface area contributed by atoms with Gasteiger partial charge in [0.05, 0.1) is 28.4 Å². The Morgan fingerprint density at radius 3 is 2.53 bits per heavy atom. The number of aromatic carboxylic acids is 1. The minimum Gasteiger partial charge on any atom is -0.477 e. The number of carboxylic acid groups (broad SMARTS) is 1. The third-order valence-electron chi connectivity index (χ3n) is 6.70. The predicted octanol–water partition coefficient (Wildman–Crippen LogP) is 4.03. The average Bonchev–Trinajstić information content (AvgIpc) is 3.22. The van der Waals surface area contributed by atoms with E-state index in [2.05, 4.69) is 15.3 Å². The molecular formula is C24H22Cl2N4O5S. The van der Waals surface area contributed by atoms with E-state index in [9.17, 15) is 19.5 Å². The number of carbonyl (C=O) groups is 3. The summed E-state index contributed by atoms with van der Waals surface area (Å²) in [7, 11) is 1.31. The van der Waals surface area contributed by atoms with Crippen molar-refractivity contribution < 1.29 is 24.2 Å². The molecular weight excluding hydrogens is 527 g/mol. The van der Waals surface area contributed by atoms with Gasteiger partial charge in [-0.2, -0.15) is 0 Å². The Balaban J connectivity index is 1.28. The molecule has 0 unspecified atom stereocenters. The van der Waals surface area contributed by atoms with E-state index < -0.39 is 11.9 Å². The molecule has 5 rings (SSSR count). The average molecular weight is 549 g/mol. The molecule has 0 spiro atoms. The number of fused-ring (bicyclic) bond motifs is 1. The summed E-state index contributed by atoms with van der Waals surface area (Å²) >= 11 is 13.4. The van der Waals surface area contributed by atoms with Crippen LogP contribution in [0.15, 0.2) is 24.3 Å². The van der Waals surface area contributed by atoms with Crippen LogP contribution in [-0.4, -0.2) is 59.2 Å². The minimum absolute atomic E-state index is 0.0116. The monoisotopic (exact) mass is 548 g/mol. The Bertz CT molecular complexity index is 1370. The number of H-pyrrole nitrogens is 1. The number of aryl methyl sites for hydroxylation is 1. The zero-order valence-corrected chi connectivity index (χ0v) is 21.6. The van der Waals surface area contributed by atoms with E-state index in [0.717, 1.165) is 11.3 Å². The lowest BCUT2D eigenvalue weighted by molar-refractivity contribution is 0.0599. The van der Waals surface area contributed by atoms with E-state index >= 15 is 0 Å². The van der Waals surface area contributed by atoms with Crippen LogP contribution >= 0.6 is 34.5 Å². The molecule has 1 aromatic carbocycles. The van der Waals surface area contributed by atoms with Crippen molar-refractivity contribution in [3.63, 3.8) is 0 Å². The lowest BCUT2D eigenvalue weighted by Crippen LogP contribution is -2.34. The number of carbonyl (C=O) groups excluding carboxylic acids is 2. The first-order chi connectivity index (χ1) is 17.2. The number of thiazole rings is 1. The number of rotatable bonds is 7. The fourth-order valence-corrected chi connectivity index (χ4v) is 6.13. The van der Waals surface area contributed by atoms with Crippen molar-refractivity contribution in [1.82, 2.24) is 15.3 Å². The van der Waals surface area contributed by atoms with E-state index in [4.69, 9.17) is 27.9 Å². The summed E-state index contributed by atoms with van der Waals surface area (Å²) in [4.78, 5) is 46.5. The number of hydrogen-bond acceptors (Lipinski definition) is 7. The fraction of sp³-hybridized carbons (Fsp3) is 0.333. The second-order valence-electron chi connectivity index (χ2n) is 8.89. The molecule has 1 saturated heterocycles. The third kappa shape index (κ3) is 4.33. The smallest absolute Gasteiger partial charge is 0.347 e. The van der Waals surface area contributed by atoms with Gasteiger partial charge in [-0.15, -0.1) is 0 Å². The number of hydrogen-bond donors (Lipinski definition) is 3. The fourth-order valence-electron chi connectivity index (χ4n) is 4.77. The normalized spacial score (nSPS) is 20.2. The van der Waals surface area contributed by atoms with Crippen molar-refractivity contribution in [2.75, 3.05) is 25.1 Å². The molecule has 1 amide bonds.